The summed E-state index contributed by atoms with van der Waals surface area (Å²) in [5.74, 6) is -0.917. The van der Waals surface area contributed by atoms with Gasteiger partial charge in [-0.2, -0.15) is 0 Å². The molecule has 0 spiro atoms. The third kappa shape index (κ3) is 3.89. The topological polar surface area (TPSA) is 54.3 Å². The van der Waals surface area contributed by atoms with E-state index in [2.05, 4.69) is 41.1 Å². The molecular weight excluding hydrogens is 418 g/mol. The molecule has 4 rings (SSSR count). The molecule has 0 atom stereocenters. The first-order valence-electron chi connectivity index (χ1n) is 10.6. The fourth-order valence-electron chi connectivity index (χ4n) is 3.95. The average molecular weight is 444 g/mol. The highest BCUT2D eigenvalue weighted by Crippen LogP contribution is 2.26. The number of benzene rings is 2. The Hall–Kier alpha value is -3.51. The van der Waals surface area contributed by atoms with Gasteiger partial charge in [0, 0.05) is 17.1 Å². The van der Waals surface area contributed by atoms with Crippen LogP contribution in [0.15, 0.2) is 60.2 Å². The molecule has 0 radical (unpaired) electrons. The van der Waals surface area contributed by atoms with E-state index in [0.29, 0.717) is 5.69 Å². The molecular formula is C26H25N3O2S. The van der Waals surface area contributed by atoms with Gasteiger partial charge in [-0.3, -0.25) is 19.8 Å². The second-order valence-electron chi connectivity index (χ2n) is 7.98. The molecule has 6 heteroatoms. The fourth-order valence-corrected chi connectivity index (χ4v) is 4.23. The van der Waals surface area contributed by atoms with Crippen molar-refractivity contribution in [3.05, 3.63) is 88.2 Å². The average Bonchev–Trinajstić information content (AvgIpc) is 3.05. The second kappa shape index (κ2) is 8.55. The Morgan fingerprint density at radius 3 is 2.19 bits per heavy atom. The monoisotopic (exact) mass is 443 g/mol. The maximum Gasteiger partial charge on any atom is 0.270 e. The van der Waals surface area contributed by atoms with E-state index in [-0.39, 0.29) is 10.7 Å². The molecule has 2 aromatic carbocycles. The number of hydrogen-bond acceptors (Lipinski definition) is 3. The van der Waals surface area contributed by atoms with Gasteiger partial charge in [0.05, 0.1) is 5.69 Å². The van der Waals surface area contributed by atoms with E-state index in [9.17, 15) is 9.59 Å². The lowest BCUT2D eigenvalue weighted by atomic mass is 10.1. The van der Waals surface area contributed by atoms with Crippen LogP contribution in [0.4, 0.5) is 5.69 Å². The number of carbonyl (C=O) groups excluding carboxylic acids is 2. The zero-order valence-electron chi connectivity index (χ0n) is 18.6. The van der Waals surface area contributed by atoms with Crippen molar-refractivity contribution in [1.82, 2.24) is 9.88 Å². The van der Waals surface area contributed by atoms with Gasteiger partial charge < -0.3 is 4.57 Å². The summed E-state index contributed by atoms with van der Waals surface area (Å²) in [5, 5.41) is 2.74. The number of nitrogens with zero attached hydrogens (tertiary/aromatic N) is 2. The Morgan fingerprint density at radius 1 is 0.938 bits per heavy atom. The van der Waals surface area contributed by atoms with Gasteiger partial charge in [0.2, 0.25) is 0 Å². The van der Waals surface area contributed by atoms with Crippen molar-refractivity contribution in [1.29, 1.82) is 0 Å². The third-order valence-electron chi connectivity index (χ3n) is 5.77. The SMILES string of the molecule is CCc1ccc(-n2c(C)cc(/C=C3\C(=O)NC(=S)N(c4ccc(C)cc4)C3=O)c2C)cc1. The Kier molecular flexibility index (Phi) is 5.80. The Bertz CT molecular complexity index is 1250. The predicted molar refractivity (Wildman–Crippen MR) is 132 cm³/mol. The summed E-state index contributed by atoms with van der Waals surface area (Å²) in [5.41, 5.74) is 6.86. The highest BCUT2D eigenvalue weighted by molar-refractivity contribution is 7.80. The van der Waals surface area contributed by atoms with Crippen LogP contribution in [0.5, 0.6) is 0 Å². The molecule has 1 N–H and O–H groups in total. The molecule has 3 aromatic rings. The summed E-state index contributed by atoms with van der Waals surface area (Å²) in [6.45, 7) is 8.10. The molecule has 2 amide bonds. The summed E-state index contributed by atoms with van der Waals surface area (Å²) in [6.07, 6.45) is 2.64. The zero-order valence-corrected chi connectivity index (χ0v) is 19.4. The first-order chi connectivity index (χ1) is 15.3. The Balaban J connectivity index is 1.73. The van der Waals surface area contributed by atoms with E-state index in [1.807, 2.05) is 51.1 Å². The normalized spacial score (nSPS) is 15.4. The Morgan fingerprint density at radius 2 is 1.56 bits per heavy atom. The molecule has 32 heavy (non-hydrogen) atoms. The number of anilines is 1. The van der Waals surface area contributed by atoms with Crippen LogP contribution >= 0.6 is 12.2 Å². The molecule has 0 aliphatic carbocycles. The van der Waals surface area contributed by atoms with Crippen LogP contribution in [0.25, 0.3) is 11.8 Å². The minimum atomic E-state index is -0.486. The molecule has 2 heterocycles. The van der Waals surface area contributed by atoms with Crippen LogP contribution in [-0.2, 0) is 16.0 Å². The van der Waals surface area contributed by atoms with E-state index in [0.717, 1.165) is 34.6 Å². The second-order valence-corrected chi connectivity index (χ2v) is 8.36. The van der Waals surface area contributed by atoms with Crippen LogP contribution in [-0.4, -0.2) is 21.5 Å². The standard InChI is InChI=1S/C26H25N3O2S/c1-5-19-8-12-21(13-9-19)28-17(3)14-20(18(28)4)15-23-24(30)27-26(32)29(25(23)31)22-10-6-16(2)7-11-22/h6-15H,5H2,1-4H3,(H,27,30,32)/b23-15+. The summed E-state index contributed by atoms with van der Waals surface area (Å²) in [7, 11) is 0. The molecule has 1 aliphatic heterocycles. The number of nitrogens with one attached hydrogen (secondary N) is 1. The summed E-state index contributed by atoms with van der Waals surface area (Å²) in [4.78, 5) is 27.3. The number of thiocarbonyl (C=S) groups is 1. The van der Waals surface area contributed by atoms with E-state index in [1.165, 1.54) is 10.5 Å². The molecule has 0 saturated carbocycles. The molecule has 162 valence electrons. The van der Waals surface area contributed by atoms with Crippen LogP contribution in [0, 0.1) is 20.8 Å². The molecule has 1 aromatic heterocycles. The molecule has 1 fully saturated rings. The van der Waals surface area contributed by atoms with Crippen molar-refractivity contribution < 1.29 is 9.59 Å². The molecule has 0 unspecified atom stereocenters. The van der Waals surface area contributed by atoms with Gasteiger partial charge in [-0.25, -0.2) is 0 Å². The number of aryl methyl sites for hydroxylation is 3. The molecule has 1 aliphatic rings. The van der Waals surface area contributed by atoms with Crippen LogP contribution in [0.2, 0.25) is 0 Å². The third-order valence-corrected chi connectivity index (χ3v) is 6.05. The van der Waals surface area contributed by atoms with Gasteiger partial charge in [-0.15, -0.1) is 0 Å². The summed E-state index contributed by atoms with van der Waals surface area (Å²) in [6, 6.07) is 17.8. The van der Waals surface area contributed by atoms with Crippen LogP contribution in [0.3, 0.4) is 0 Å². The van der Waals surface area contributed by atoms with Crippen molar-refractivity contribution >= 4 is 40.9 Å². The van der Waals surface area contributed by atoms with Gasteiger partial charge in [0.15, 0.2) is 5.11 Å². The van der Waals surface area contributed by atoms with Gasteiger partial charge in [0.25, 0.3) is 11.8 Å². The largest absolute Gasteiger partial charge is 0.318 e. The van der Waals surface area contributed by atoms with Gasteiger partial charge >= 0.3 is 0 Å². The lowest BCUT2D eigenvalue weighted by Gasteiger charge is -2.29. The minimum Gasteiger partial charge on any atom is -0.318 e. The Labute approximate surface area is 193 Å². The fraction of sp³-hybridized carbons (Fsp3) is 0.192. The van der Waals surface area contributed by atoms with E-state index in [1.54, 1.807) is 6.08 Å². The molecule has 0 bridgehead atoms. The first kappa shape index (κ1) is 21.7. The van der Waals surface area contributed by atoms with Crippen molar-refractivity contribution in [3.63, 3.8) is 0 Å². The highest BCUT2D eigenvalue weighted by atomic mass is 32.1. The maximum atomic E-state index is 13.3. The smallest absolute Gasteiger partial charge is 0.270 e. The van der Waals surface area contributed by atoms with E-state index >= 15 is 0 Å². The number of carbonyl (C=O) groups is 2. The van der Waals surface area contributed by atoms with Crippen molar-refractivity contribution in [3.8, 4) is 5.69 Å². The van der Waals surface area contributed by atoms with Gasteiger partial charge in [-0.1, -0.05) is 36.8 Å². The first-order valence-corrected chi connectivity index (χ1v) is 11.0. The number of amides is 2. The zero-order chi connectivity index (χ0) is 23.0. The van der Waals surface area contributed by atoms with E-state index < -0.39 is 11.8 Å². The van der Waals surface area contributed by atoms with Crippen molar-refractivity contribution in [2.24, 2.45) is 0 Å². The van der Waals surface area contributed by atoms with Crippen molar-refractivity contribution in [2.45, 2.75) is 34.1 Å². The van der Waals surface area contributed by atoms with Crippen LogP contribution < -0.4 is 10.2 Å². The molecule has 1 saturated heterocycles. The predicted octanol–water partition coefficient (Wildman–Crippen LogP) is 4.80. The summed E-state index contributed by atoms with van der Waals surface area (Å²) >= 11 is 5.29. The van der Waals surface area contributed by atoms with Crippen LogP contribution in [0.1, 0.15) is 35.0 Å². The maximum absolute atomic E-state index is 13.3. The van der Waals surface area contributed by atoms with Gasteiger partial charge in [-0.05, 0) is 86.9 Å². The minimum absolute atomic E-state index is 0.0563. The van der Waals surface area contributed by atoms with Gasteiger partial charge in [0.1, 0.15) is 5.57 Å². The van der Waals surface area contributed by atoms with E-state index in [4.69, 9.17) is 12.2 Å². The lowest BCUT2D eigenvalue weighted by Crippen LogP contribution is -2.54. The number of rotatable bonds is 4. The lowest BCUT2D eigenvalue weighted by molar-refractivity contribution is -0.122. The molecule has 5 nitrogen and oxygen atoms in total. The summed E-state index contributed by atoms with van der Waals surface area (Å²) < 4.78 is 2.12. The number of aromatic nitrogens is 1. The number of hydrogen-bond donors (Lipinski definition) is 1. The quantitative estimate of drug-likeness (QED) is 0.358. The van der Waals surface area contributed by atoms with Crippen molar-refractivity contribution in [2.75, 3.05) is 4.90 Å². The highest BCUT2D eigenvalue weighted by Gasteiger charge is 2.34.